The van der Waals surface area contributed by atoms with Crippen LogP contribution in [0.1, 0.15) is 22.9 Å². The van der Waals surface area contributed by atoms with Gasteiger partial charge < -0.3 is 9.84 Å². The molecule has 1 unspecified atom stereocenters. The molecule has 0 spiro atoms. The van der Waals surface area contributed by atoms with E-state index in [-0.39, 0.29) is 5.82 Å². The molecule has 2 rings (SSSR count). The summed E-state index contributed by atoms with van der Waals surface area (Å²) in [5.74, 6) is -0.363. The molecule has 1 N–H and O–H groups in total. The van der Waals surface area contributed by atoms with Gasteiger partial charge in [0.05, 0.1) is 29.5 Å². The summed E-state index contributed by atoms with van der Waals surface area (Å²) in [6.07, 6.45) is 0.665. The van der Waals surface area contributed by atoms with Gasteiger partial charge in [0.15, 0.2) is 0 Å². The van der Waals surface area contributed by atoms with Gasteiger partial charge in [0.1, 0.15) is 11.9 Å². The van der Waals surface area contributed by atoms with E-state index < -0.39 is 6.10 Å². The van der Waals surface area contributed by atoms with Crippen LogP contribution >= 0.6 is 15.9 Å². The van der Waals surface area contributed by atoms with Crippen molar-refractivity contribution in [3.8, 4) is 0 Å². The average Bonchev–Trinajstić information content (AvgIpc) is 2.75. The van der Waals surface area contributed by atoms with Crippen LogP contribution in [0.3, 0.4) is 0 Å². The molecule has 2 aromatic rings. The molecule has 0 bridgehead atoms. The summed E-state index contributed by atoms with van der Waals surface area (Å²) < 4.78 is 20.8. The Labute approximate surface area is 125 Å². The van der Waals surface area contributed by atoms with Gasteiger partial charge in [0, 0.05) is 7.11 Å². The van der Waals surface area contributed by atoms with E-state index in [9.17, 15) is 9.50 Å². The predicted octanol–water partition coefficient (Wildman–Crippen LogP) is 2.82. The third kappa shape index (κ3) is 3.26. The summed E-state index contributed by atoms with van der Waals surface area (Å²) in [6, 6.07) is 4.51. The fourth-order valence-corrected chi connectivity index (χ4v) is 2.59. The standard InChI is InChI=1S/C14H16BrFN2O2/c1-9-5-10(7-11(16)6-9)14(19)13-12(15)8-17-18(13)3-4-20-2/h5-8,14,19H,3-4H2,1-2H3. The highest BCUT2D eigenvalue weighted by Gasteiger charge is 2.20. The van der Waals surface area contributed by atoms with E-state index in [1.807, 2.05) is 0 Å². The zero-order chi connectivity index (χ0) is 14.7. The first-order valence-corrected chi connectivity index (χ1v) is 6.97. The van der Waals surface area contributed by atoms with Crippen LogP contribution < -0.4 is 0 Å². The summed E-state index contributed by atoms with van der Waals surface area (Å²) in [5, 5.41) is 14.7. The highest BCUT2D eigenvalue weighted by atomic mass is 79.9. The number of ether oxygens (including phenoxy) is 1. The average molecular weight is 343 g/mol. The number of aliphatic hydroxyl groups excluding tert-OH is 1. The molecule has 0 aliphatic carbocycles. The van der Waals surface area contributed by atoms with Crippen LogP contribution in [-0.4, -0.2) is 28.6 Å². The highest BCUT2D eigenvalue weighted by Crippen LogP contribution is 2.29. The Morgan fingerprint density at radius 2 is 2.20 bits per heavy atom. The van der Waals surface area contributed by atoms with Crippen LogP contribution in [-0.2, 0) is 11.3 Å². The lowest BCUT2D eigenvalue weighted by Crippen LogP contribution is -2.14. The van der Waals surface area contributed by atoms with Crippen LogP contribution in [0.2, 0.25) is 0 Å². The minimum absolute atomic E-state index is 0.363. The molecule has 0 amide bonds. The molecule has 4 nitrogen and oxygen atoms in total. The third-order valence-electron chi connectivity index (χ3n) is 2.98. The Hall–Kier alpha value is -1.24. The summed E-state index contributed by atoms with van der Waals surface area (Å²) in [7, 11) is 1.60. The topological polar surface area (TPSA) is 47.3 Å². The van der Waals surface area contributed by atoms with E-state index in [1.165, 1.54) is 12.1 Å². The number of nitrogens with zero attached hydrogens (tertiary/aromatic N) is 2. The first-order chi connectivity index (χ1) is 9.52. The van der Waals surface area contributed by atoms with Crippen LogP contribution in [0, 0.1) is 12.7 Å². The van der Waals surface area contributed by atoms with Crippen molar-refractivity contribution in [2.24, 2.45) is 0 Å². The van der Waals surface area contributed by atoms with Gasteiger partial charge in [-0.3, -0.25) is 4.68 Å². The lowest BCUT2D eigenvalue weighted by atomic mass is 10.0. The number of aliphatic hydroxyl groups is 1. The molecule has 20 heavy (non-hydrogen) atoms. The van der Waals surface area contributed by atoms with Gasteiger partial charge in [-0.25, -0.2) is 4.39 Å². The van der Waals surface area contributed by atoms with Crippen molar-refractivity contribution >= 4 is 15.9 Å². The minimum Gasteiger partial charge on any atom is -0.383 e. The quantitative estimate of drug-likeness (QED) is 0.908. The largest absolute Gasteiger partial charge is 0.383 e. The van der Waals surface area contributed by atoms with E-state index in [0.717, 1.165) is 5.56 Å². The van der Waals surface area contributed by atoms with Gasteiger partial charge in [-0.05, 0) is 46.1 Å². The normalized spacial score (nSPS) is 12.7. The molecule has 1 heterocycles. The Morgan fingerprint density at radius 3 is 2.85 bits per heavy atom. The number of hydrogen-bond donors (Lipinski definition) is 1. The van der Waals surface area contributed by atoms with Gasteiger partial charge in [-0.1, -0.05) is 6.07 Å². The second-order valence-electron chi connectivity index (χ2n) is 4.56. The summed E-state index contributed by atoms with van der Waals surface area (Å²) in [5.41, 5.74) is 1.85. The number of aryl methyl sites for hydroxylation is 1. The predicted molar refractivity (Wildman–Crippen MR) is 77.0 cm³/mol. The molecule has 0 radical (unpaired) electrons. The maximum Gasteiger partial charge on any atom is 0.123 e. The third-order valence-corrected chi connectivity index (χ3v) is 3.59. The smallest absolute Gasteiger partial charge is 0.123 e. The number of rotatable bonds is 5. The van der Waals surface area contributed by atoms with Gasteiger partial charge in [0.25, 0.3) is 0 Å². The highest BCUT2D eigenvalue weighted by molar-refractivity contribution is 9.10. The van der Waals surface area contributed by atoms with Crippen molar-refractivity contribution in [3.05, 3.63) is 51.5 Å². The molecule has 0 aliphatic heterocycles. The van der Waals surface area contributed by atoms with Crippen LogP contribution in [0.25, 0.3) is 0 Å². The van der Waals surface area contributed by atoms with Gasteiger partial charge in [-0.2, -0.15) is 5.10 Å². The summed E-state index contributed by atoms with van der Waals surface area (Å²) in [4.78, 5) is 0. The van der Waals surface area contributed by atoms with E-state index in [1.54, 1.807) is 31.0 Å². The Bertz CT molecular complexity index is 581. The molecule has 0 saturated heterocycles. The Kier molecular flexibility index (Phi) is 4.91. The van der Waals surface area contributed by atoms with Gasteiger partial charge >= 0.3 is 0 Å². The van der Waals surface area contributed by atoms with Crippen molar-refractivity contribution in [2.45, 2.75) is 19.6 Å². The zero-order valence-corrected chi connectivity index (χ0v) is 12.9. The number of aromatic nitrogens is 2. The van der Waals surface area contributed by atoms with Crippen molar-refractivity contribution in [1.29, 1.82) is 0 Å². The molecule has 1 atom stereocenters. The Balaban J connectivity index is 2.36. The van der Waals surface area contributed by atoms with Gasteiger partial charge in [0.2, 0.25) is 0 Å². The first-order valence-electron chi connectivity index (χ1n) is 6.18. The minimum atomic E-state index is -0.946. The number of benzene rings is 1. The molecule has 108 valence electrons. The molecule has 1 aromatic heterocycles. The van der Waals surface area contributed by atoms with Gasteiger partial charge in [-0.15, -0.1) is 0 Å². The summed E-state index contributed by atoms with van der Waals surface area (Å²) >= 11 is 3.37. The molecular weight excluding hydrogens is 327 g/mol. The number of methoxy groups -OCH3 is 1. The van der Waals surface area contributed by atoms with Crippen LogP contribution in [0.4, 0.5) is 4.39 Å². The van der Waals surface area contributed by atoms with E-state index >= 15 is 0 Å². The fourth-order valence-electron chi connectivity index (χ4n) is 2.08. The lowest BCUT2D eigenvalue weighted by Gasteiger charge is -2.15. The monoisotopic (exact) mass is 342 g/mol. The van der Waals surface area contributed by atoms with Crippen molar-refractivity contribution in [3.63, 3.8) is 0 Å². The second kappa shape index (κ2) is 6.47. The van der Waals surface area contributed by atoms with E-state index in [2.05, 4.69) is 21.0 Å². The van der Waals surface area contributed by atoms with E-state index in [4.69, 9.17) is 4.74 Å². The first kappa shape index (κ1) is 15.2. The second-order valence-corrected chi connectivity index (χ2v) is 5.41. The van der Waals surface area contributed by atoms with E-state index in [0.29, 0.717) is 28.9 Å². The molecule has 0 fully saturated rings. The fraction of sp³-hybridized carbons (Fsp3) is 0.357. The number of halogens is 2. The molecular formula is C14H16BrFN2O2. The summed E-state index contributed by atoms with van der Waals surface area (Å²) in [6.45, 7) is 2.79. The van der Waals surface area contributed by atoms with Crippen molar-refractivity contribution < 1.29 is 14.2 Å². The number of hydrogen-bond acceptors (Lipinski definition) is 3. The zero-order valence-electron chi connectivity index (χ0n) is 11.3. The lowest BCUT2D eigenvalue weighted by molar-refractivity contribution is 0.171. The molecule has 0 aliphatic rings. The van der Waals surface area contributed by atoms with Crippen molar-refractivity contribution in [1.82, 2.24) is 9.78 Å². The maximum absolute atomic E-state index is 13.5. The maximum atomic E-state index is 13.5. The molecule has 1 aromatic carbocycles. The molecule has 6 heteroatoms. The molecule has 0 saturated carbocycles. The van der Waals surface area contributed by atoms with Crippen LogP contribution in [0.15, 0.2) is 28.9 Å². The SMILES string of the molecule is COCCn1ncc(Br)c1C(O)c1cc(C)cc(F)c1. The van der Waals surface area contributed by atoms with Crippen LogP contribution in [0.5, 0.6) is 0 Å². The van der Waals surface area contributed by atoms with Crippen molar-refractivity contribution in [2.75, 3.05) is 13.7 Å². The Morgan fingerprint density at radius 1 is 1.45 bits per heavy atom.